The molecule has 0 aliphatic heterocycles. The van der Waals surface area contributed by atoms with Crippen LogP contribution in [-0.2, 0) is 4.43 Å². The second kappa shape index (κ2) is 5.82. The van der Waals surface area contributed by atoms with Gasteiger partial charge in [-0.2, -0.15) is 0 Å². The summed E-state index contributed by atoms with van der Waals surface area (Å²) >= 11 is 0. The third-order valence-electron chi connectivity index (χ3n) is 8.08. The molecule has 0 aromatic heterocycles. The minimum absolute atomic E-state index is 0.0168. The van der Waals surface area contributed by atoms with Gasteiger partial charge in [0, 0.05) is 17.4 Å². The van der Waals surface area contributed by atoms with Crippen molar-refractivity contribution < 1.29 is 9.53 Å². The largest absolute Gasteiger partial charge is 0.416 e. The predicted octanol–water partition coefficient (Wildman–Crippen LogP) is 5.31. The molecule has 3 aliphatic rings. The molecular formula is C21H36O2Si. The molecule has 0 aromatic carbocycles. The second-order valence-corrected chi connectivity index (χ2v) is 14.8. The standard InChI is InChI=1S/C21H36O2Si/c1-7-9-18(22)21-13-8-12-20(21,16-10-11-17(21)14-16)15-23-24(5,6)19(2,3)4/h7,10-11,16-18,22H,1,8-9,12-15H2,2-6H3/t16-,17+,18-,20-,21-/m0/s1. The molecule has 24 heavy (non-hydrogen) atoms. The van der Waals surface area contributed by atoms with Gasteiger partial charge in [0.2, 0.25) is 0 Å². The van der Waals surface area contributed by atoms with Crippen LogP contribution in [0, 0.1) is 22.7 Å². The minimum atomic E-state index is -1.78. The average molecular weight is 349 g/mol. The summed E-state index contributed by atoms with van der Waals surface area (Å²) in [6.07, 6.45) is 12.0. The molecule has 136 valence electrons. The quantitative estimate of drug-likeness (QED) is 0.521. The molecule has 2 bridgehead atoms. The summed E-state index contributed by atoms with van der Waals surface area (Å²) in [5.74, 6) is 1.12. The van der Waals surface area contributed by atoms with Crippen LogP contribution < -0.4 is 0 Å². The number of aliphatic hydroxyl groups excluding tert-OH is 1. The van der Waals surface area contributed by atoms with Crippen LogP contribution in [0.2, 0.25) is 18.1 Å². The smallest absolute Gasteiger partial charge is 0.192 e. The Morgan fingerprint density at radius 2 is 1.96 bits per heavy atom. The molecule has 0 amide bonds. The zero-order valence-corrected chi connectivity index (χ0v) is 17.3. The molecule has 0 heterocycles. The first-order valence-corrected chi connectivity index (χ1v) is 12.6. The van der Waals surface area contributed by atoms with E-state index in [1.807, 2.05) is 6.08 Å². The summed E-state index contributed by atoms with van der Waals surface area (Å²) in [5.41, 5.74) is 0.160. The molecule has 3 heteroatoms. The van der Waals surface area contributed by atoms with E-state index >= 15 is 0 Å². The van der Waals surface area contributed by atoms with Gasteiger partial charge in [-0.05, 0) is 55.7 Å². The van der Waals surface area contributed by atoms with E-state index in [1.54, 1.807) is 0 Å². The van der Waals surface area contributed by atoms with Crippen molar-refractivity contribution in [2.75, 3.05) is 6.61 Å². The van der Waals surface area contributed by atoms with E-state index < -0.39 is 8.32 Å². The van der Waals surface area contributed by atoms with E-state index in [9.17, 15) is 5.11 Å². The van der Waals surface area contributed by atoms with Gasteiger partial charge >= 0.3 is 0 Å². The van der Waals surface area contributed by atoms with Crippen molar-refractivity contribution in [3.63, 3.8) is 0 Å². The van der Waals surface area contributed by atoms with Crippen LogP contribution in [0.4, 0.5) is 0 Å². The summed E-state index contributed by atoms with van der Waals surface area (Å²) in [5, 5.41) is 11.4. The molecule has 2 nitrogen and oxygen atoms in total. The molecule has 0 spiro atoms. The molecule has 0 aromatic rings. The van der Waals surface area contributed by atoms with Crippen molar-refractivity contribution in [3.8, 4) is 0 Å². The van der Waals surface area contributed by atoms with E-state index in [-0.39, 0.29) is 22.0 Å². The lowest BCUT2D eigenvalue weighted by molar-refractivity contribution is -0.0865. The van der Waals surface area contributed by atoms with Gasteiger partial charge in [-0.25, -0.2) is 0 Å². The molecule has 2 saturated carbocycles. The molecule has 0 radical (unpaired) electrons. The van der Waals surface area contributed by atoms with Crippen LogP contribution in [0.3, 0.4) is 0 Å². The Labute approximate surface area is 149 Å². The maximum absolute atomic E-state index is 11.1. The Morgan fingerprint density at radius 3 is 2.58 bits per heavy atom. The van der Waals surface area contributed by atoms with Crippen LogP contribution in [0.5, 0.6) is 0 Å². The van der Waals surface area contributed by atoms with Gasteiger partial charge in [-0.3, -0.25) is 0 Å². The van der Waals surface area contributed by atoms with Crippen molar-refractivity contribution in [1.82, 2.24) is 0 Å². The van der Waals surface area contributed by atoms with Gasteiger partial charge < -0.3 is 9.53 Å². The topological polar surface area (TPSA) is 29.5 Å². The summed E-state index contributed by atoms with van der Waals surface area (Å²) < 4.78 is 6.76. The number of fused-ring (bicyclic) bond motifs is 5. The highest BCUT2D eigenvalue weighted by Gasteiger charge is 2.69. The van der Waals surface area contributed by atoms with Crippen LogP contribution in [0.1, 0.15) is 52.9 Å². The monoisotopic (exact) mass is 348 g/mol. The molecule has 1 N–H and O–H groups in total. The average Bonchev–Trinajstić information content (AvgIpc) is 3.15. The third-order valence-corrected chi connectivity index (χ3v) is 12.6. The zero-order valence-electron chi connectivity index (χ0n) is 16.3. The Kier molecular flexibility index (Phi) is 4.46. The van der Waals surface area contributed by atoms with Gasteiger partial charge in [-0.15, -0.1) is 6.58 Å². The lowest BCUT2D eigenvalue weighted by atomic mass is 9.57. The van der Waals surface area contributed by atoms with Crippen molar-refractivity contribution in [2.45, 2.75) is 77.1 Å². The highest BCUT2D eigenvalue weighted by atomic mass is 28.4. The Hall–Kier alpha value is -0.383. The molecular weight excluding hydrogens is 312 g/mol. The van der Waals surface area contributed by atoms with Crippen molar-refractivity contribution >= 4 is 8.32 Å². The van der Waals surface area contributed by atoms with Gasteiger partial charge in [0.05, 0.1) is 6.10 Å². The number of allylic oxidation sites excluding steroid dienone is 2. The highest BCUT2D eigenvalue weighted by molar-refractivity contribution is 6.74. The van der Waals surface area contributed by atoms with E-state index in [4.69, 9.17) is 4.43 Å². The van der Waals surface area contributed by atoms with Crippen LogP contribution >= 0.6 is 0 Å². The van der Waals surface area contributed by atoms with Gasteiger partial charge in [0.15, 0.2) is 8.32 Å². The van der Waals surface area contributed by atoms with E-state index in [0.717, 1.165) is 13.0 Å². The van der Waals surface area contributed by atoms with Crippen LogP contribution in [0.25, 0.3) is 0 Å². The maximum Gasteiger partial charge on any atom is 0.192 e. The fraction of sp³-hybridized carbons (Fsp3) is 0.810. The molecule has 3 aliphatic carbocycles. The molecule has 5 atom stereocenters. The van der Waals surface area contributed by atoms with Gasteiger partial charge in [0.1, 0.15) is 0 Å². The number of hydrogen-bond acceptors (Lipinski definition) is 2. The fourth-order valence-electron chi connectivity index (χ4n) is 5.71. The van der Waals surface area contributed by atoms with Crippen LogP contribution in [-0.4, -0.2) is 26.1 Å². The third kappa shape index (κ3) is 2.34. The maximum atomic E-state index is 11.1. The second-order valence-electron chi connectivity index (χ2n) is 9.97. The molecule has 2 fully saturated rings. The Morgan fingerprint density at radius 1 is 1.29 bits per heavy atom. The summed E-state index contributed by atoms with van der Waals surface area (Å²) in [6.45, 7) is 16.4. The minimum Gasteiger partial charge on any atom is -0.416 e. The SMILES string of the molecule is C=CC[C@H](O)[C@@]12CCC[C@]1(CO[Si](C)(C)C(C)(C)C)[C@H]1C=C[C@@H]2C1. The lowest BCUT2D eigenvalue weighted by Crippen LogP contribution is -2.54. The summed E-state index contributed by atoms with van der Waals surface area (Å²) in [7, 11) is -1.78. The van der Waals surface area contributed by atoms with Crippen molar-refractivity contribution in [3.05, 3.63) is 24.8 Å². The van der Waals surface area contributed by atoms with Crippen molar-refractivity contribution in [2.24, 2.45) is 22.7 Å². The molecule has 3 rings (SSSR count). The Balaban J connectivity index is 1.91. The van der Waals surface area contributed by atoms with Gasteiger partial charge in [-0.1, -0.05) is 45.4 Å². The number of hydrogen-bond donors (Lipinski definition) is 1. The zero-order chi connectivity index (χ0) is 17.8. The highest BCUT2D eigenvalue weighted by Crippen LogP contribution is 2.72. The summed E-state index contributed by atoms with van der Waals surface area (Å²) in [4.78, 5) is 0. The first-order valence-electron chi connectivity index (χ1n) is 9.72. The summed E-state index contributed by atoms with van der Waals surface area (Å²) in [6, 6.07) is 0. The molecule has 0 unspecified atom stereocenters. The fourth-order valence-corrected chi connectivity index (χ4v) is 6.76. The van der Waals surface area contributed by atoms with Crippen molar-refractivity contribution in [1.29, 1.82) is 0 Å². The van der Waals surface area contributed by atoms with E-state index in [2.05, 4.69) is 52.6 Å². The Bertz CT molecular complexity index is 532. The number of rotatable bonds is 6. The first kappa shape index (κ1) is 18.4. The van der Waals surface area contributed by atoms with Gasteiger partial charge in [0.25, 0.3) is 0 Å². The normalized spacial score (nSPS) is 39.2. The lowest BCUT2D eigenvalue weighted by Gasteiger charge is -2.51. The van der Waals surface area contributed by atoms with E-state index in [0.29, 0.717) is 18.3 Å². The first-order chi connectivity index (χ1) is 11.1. The molecule has 0 saturated heterocycles. The van der Waals surface area contributed by atoms with Crippen LogP contribution in [0.15, 0.2) is 24.8 Å². The predicted molar refractivity (Wildman–Crippen MR) is 103 cm³/mol. The van der Waals surface area contributed by atoms with E-state index in [1.165, 1.54) is 19.3 Å². The number of aliphatic hydroxyl groups is 1.